The molecule has 0 spiro atoms. The number of rotatable bonds is 2. The maximum Gasteiger partial charge on any atom is 0.160 e. The number of allylic oxidation sites excluding steroid dienone is 8. The molecule has 13 heavy (non-hydrogen) atoms. The molecule has 0 aromatic carbocycles. The minimum absolute atomic E-state index is 0.171. The van der Waals surface area contributed by atoms with Gasteiger partial charge in [-0.15, -0.1) is 0 Å². The first-order valence-electron chi connectivity index (χ1n) is 4.57. The van der Waals surface area contributed by atoms with E-state index in [9.17, 15) is 4.79 Å². The summed E-state index contributed by atoms with van der Waals surface area (Å²) >= 11 is 0. The van der Waals surface area contributed by atoms with E-state index in [1.807, 2.05) is 6.08 Å². The second kappa shape index (κ2) is 3.17. The Morgan fingerprint density at radius 1 is 1.31 bits per heavy atom. The molecule has 2 aliphatic rings. The minimum atomic E-state index is 0.171. The zero-order valence-electron chi connectivity index (χ0n) is 7.71. The van der Waals surface area contributed by atoms with Gasteiger partial charge in [0.1, 0.15) is 0 Å². The predicted molar refractivity (Wildman–Crippen MR) is 53.3 cm³/mol. The summed E-state index contributed by atoms with van der Waals surface area (Å²) in [5, 5.41) is 0. The third kappa shape index (κ3) is 1.42. The number of carbonyl (C=O) groups excluding carboxylic acids is 1. The third-order valence-electron chi connectivity index (χ3n) is 2.43. The SMILES string of the molecule is CC(=O)C1=C(C2=CCC=C2)CC=C1. The van der Waals surface area contributed by atoms with E-state index in [4.69, 9.17) is 0 Å². The van der Waals surface area contributed by atoms with Gasteiger partial charge in [0.15, 0.2) is 5.78 Å². The van der Waals surface area contributed by atoms with Crippen LogP contribution in [0.2, 0.25) is 0 Å². The molecule has 66 valence electrons. The number of hydrogen-bond donors (Lipinski definition) is 0. The van der Waals surface area contributed by atoms with Crippen molar-refractivity contribution >= 4 is 5.78 Å². The molecule has 2 rings (SSSR count). The summed E-state index contributed by atoms with van der Waals surface area (Å²) < 4.78 is 0. The summed E-state index contributed by atoms with van der Waals surface area (Å²) in [6.07, 6.45) is 12.3. The van der Waals surface area contributed by atoms with Crippen LogP contribution in [-0.2, 0) is 4.79 Å². The lowest BCUT2D eigenvalue weighted by Gasteiger charge is -2.03. The topological polar surface area (TPSA) is 17.1 Å². The Morgan fingerprint density at radius 2 is 2.15 bits per heavy atom. The molecular weight excluding hydrogens is 160 g/mol. The highest BCUT2D eigenvalue weighted by Gasteiger charge is 2.15. The standard InChI is InChI=1S/C12H12O/c1-9(13)11-7-4-8-12(11)10-5-2-3-6-10/h2,4-7H,3,8H2,1H3. The molecule has 0 saturated carbocycles. The zero-order chi connectivity index (χ0) is 9.26. The molecule has 0 aromatic rings. The van der Waals surface area contributed by atoms with Gasteiger partial charge in [-0.3, -0.25) is 4.79 Å². The van der Waals surface area contributed by atoms with Crippen molar-refractivity contribution in [3.63, 3.8) is 0 Å². The second-order valence-corrected chi connectivity index (χ2v) is 3.35. The molecule has 0 fully saturated rings. The first kappa shape index (κ1) is 8.24. The van der Waals surface area contributed by atoms with Crippen molar-refractivity contribution in [2.45, 2.75) is 19.8 Å². The first-order chi connectivity index (χ1) is 6.29. The van der Waals surface area contributed by atoms with Crippen molar-refractivity contribution in [2.75, 3.05) is 0 Å². The van der Waals surface area contributed by atoms with Gasteiger partial charge < -0.3 is 0 Å². The van der Waals surface area contributed by atoms with Crippen molar-refractivity contribution < 1.29 is 4.79 Å². The predicted octanol–water partition coefficient (Wildman–Crippen LogP) is 2.72. The number of hydrogen-bond acceptors (Lipinski definition) is 1. The lowest BCUT2D eigenvalue weighted by Crippen LogP contribution is -1.96. The number of Topliss-reactive ketones (excluding diaryl/α,β-unsaturated/α-hetero) is 1. The lowest BCUT2D eigenvalue weighted by molar-refractivity contribution is -0.113. The molecule has 0 aromatic heterocycles. The maximum absolute atomic E-state index is 11.3. The van der Waals surface area contributed by atoms with Gasteiger partial charge in [0.05, 0.1) is 0 Å². The van der Waals surface area contributed by atoms with Gasteiger partial charge in [0.2, 0.25) is 0 Å². The maximum atomic E-state index is 11.3. The fourth-order valence-corrected chi connectivity index (χ4v) is 1.79. The molecule has 0 bridgehead atoms. The van der Waals surface area contributed by atoms with E-state index in [0.29, 0.717) is 0 Å². The smallest absolute Gasteiger partial charge is 0.160 e. The Hall–Kier alpha value is -1.37. The molecule has 0 N–H and O–H groups in total. The number of carbonyl (C=O) groups is 1. The van der Waals surface area contributed by atoms with Crippen molar-refractivity contribution in [3.05, 3.63) is 47.1 Å². The highest BCUT2D eigenvalue weighted by molar-refractivity contribution is 5.98. The Morgan fingerprint density at radius 3 is 2.77 bits per heavy atom. The van der Waals surface area contributed by atoms with E-state index in [2.05, 4.69) is 24.3 Å². The average molecular weight is 172 g/mol. The molecule has 0 heterocycles. The van der Waals surface area contributed by atoms with Gasteiger partial charge in [0.25, 0.3) is 0 Å². The molecule has 0 atom stereocenters. The molecule has 2 aliphatic carbocycles. The van der Waals surface area contributed by atoms with Crippen LogP contribution in [0.25, 0.3) is 0 Å². The highest BCUT2D eigenvalue weighted by atomic mass is 16.1. The van der Waals surface area contributed by atoms with Gasteiger partial charge in [-0.2, -0.15) is 0 Å². The van der Waals surface area contributed by atoms with Crippen LogP contribution in [0.3, 0.4) is 0 Å². The monoisotopic (exact) mass is 172 g/mol. The molecule has 1 nitrogen and oxygen atoms in total. The van der Waals surface area contributed by atoms with E-state index < -0.39 is 0 Å². The fraction of sp³-hybridized carbons (Fsp3) is 0.250. The lowest BCUT2D eigenvalue weighted by atomic mass is 10.0. The molecule has 0 aliphatic heterocycles. The summed E-state index contributed by atoms with van der Waals surface area (Å²) in [5.41, 5.74) is 3.31. The largest absolute Gasteiger partial charge is 0.295 e. The van der Waals surface area contributed by atoms with E-state index in [0.717, 1.165) is 18.4 Å². The third-order valence-corrected chi connectivity index (χ3v) is 2.43. The second-order valence-electron chi connectivity index (χ2n) is 3.35. The summed E-state index contributed by atoms with van der Waals surface area (Å²) in [5.74, 6) is 0.171. The van der Waals surface area contributed by atoms with Gasteiger partial charge in [-0.05, 0) is 30.9 Å². The van der Waals surface area contributed by atoms with E-state index in [1.165, 1.54) is 11.1 Å². The molecule has 0 amide bonds. The van der Waals surface area contributed by atoms with Crippen molar-refractivity contribution in [3.8, 4) is 0 Å². The van der Waals surface area contributed by atoms with Gasteiger partial charge >= 0.3 is 0 Å². The van der Waals surface area contributed by atoms with Crippen LogP contribution in [0.15, 0.2) is 47.1 Å². The van der Waals surface area contributed by atoms with Gasteiger partial charge in [-0.25, -0.2) is 0 Å². The Balaban J connectivity index is 2.38. The summed E-state index contributed by atoms with van der Waals surface area (Å²) in [6, 6.07) is 0. The zero-order valence-corrected chi connectivity index (χ0v) is 7.71. The average Bonchev–Trinajstić information content (AvgIpc) is 2.74. The van der Waals surface area contributed by atoms with Crippen LogP contribution >= 0.6 is 0 Å². The van der Waals surface area contributed by atoms with Crippen LogP contribution < -0.4 is 0 Å². The fourth-order valence-electron chi connectivity index (χ4n) is 1.79. The molecule has 1 heteroatoms. The molecular formula is C12H12O. The van der Waals surface area contributed by atoms with Crippen molar-refractivity contribution in [1.82, 2.24) is 0 Å². The van der Waals surface area contributed by atoms with Crippen LogP contribution in [0.4, 0.5) is 0 Å². The highest BCUT2D eigenvalue weighted by Crippen LogP contribution is 2.29. The number of ketones is 1. The molecule has 0 saturated heterocycles. The van der Waals surface area contributed by atoms with Gasteiger partial charge in [0, 0.05) is 5.57 Å². The van der Waals surface area contributed by atoms with Crippen LogP contribution in [0.1, 0.15) is 19.8 Å². The quantitative estimate of drug-likeness (QED) is 0.626. The van der Waals surface area contributed by atoms with Crippen LogP contribution in [0, 0.1) is 0 Å². The van der Waals surface area contributed by atoms with E-state index in [-0.39, 0.29) is 5.78 Å². The minimum Gasteiger partial charge on any atom is -0.295 e. The van der Waals surface area contributed by atoms with Crippen LogP contribution in [0.5, 0.6) is 0 Å². The van der Waals surface area contributed by atoms with Crippen LogP contribution in [-0.4, -0.2) is 5.78 Å². The van der Waals surface area contributed by atoms with Crippen molar-refractivity contribution in [2.24, 2.45) is 0 Å². The Kier molecular flexibility index (Phi) is 2.01. The van der Waals surface area contributed by atoms with E-state index >= 15 is 0 Å². The summed E-state index contributed by atoms with van der Waals surface area (Å²) in [7, 11) is 0. The summed E-state index contributed by atoms with van der Waals surface area (Å²) in [4.78, 5) is 11.3. The normalized spacial score (nSPS) is 19.9. The molecule has 0 unspecified atom stereocenters. The van der Waals surface area contributed by atoms with E-state index in [1.54, 1.807) is 6.92 Å². The molecule has 0 radical (unpaired) electrons. The van der Waals surface area contributed by atoms with Gasteiger partial charge in [-0.1, -0.05) is 30.4 Å². The van der Waals surface area contributed by atoms with Crippen molar-refractivity contribution in [1.29, 1.82) is 0 Å². The first-order valence-corrected chi connectivity index (χ1v) is 4.57. The Labute approximate surface area is 78.1 Å². The summed E-state index contributed by atoms with van der Waals surface area (Å²) in [6.45, 7) is 1.63. The Bertz CT molecular complexity index is 365.